The first-order valence-electron chi connectivity index (χ1n) is 12.3. The second-order valence-corrected chi connectivity index (χ2v) is 9.61. The van der Waals surface area contributed by atoms with Crippen LogP contribution in [0.1, 0.15) is 39.2 Å². The van der Waals surface area contributed by atoms with E-state index in [2.05, 4.69) is 33.9 Å². The molecule has 4 amide bonds. The van der Waals surface area contributed by atoms with Gasteiger partial charge in [0.05, 0.1) is 6.42 Å². The Bertz CT molecular complexity index is 985. The van der Waals surface area contributed by atoms with Crippen LogP contribution in [-0.2, 0) is 35.1 Å². The normalized spacial score (nSPS) is 24.7. The number of esters is 1. The monoisotopic (exact) mass is 532 g/mol. The highest BCUT2D eigenvalue weighted by molar-refractivity contribution is 7.80. The third-order valence-electron chi connectivity index (χ3n) is 5.66. The molecule has 0 aliphatic carbocycles. The summed E-state index contributed by atoms with van der Waals surface area (Å²) < 4.78 is 5.36. The SMILES string of the molecule is CC(C)[C@H]1NC(=O)[C@@H](Cc2ccccc2)NC(=O)[C@@H](C)NC(=O)C[C@@H](C=CCCS)OC(=O)CNC1=O. The van der Waals surface area contributed by atoms with Gasteiger partial charge in [0, 0.05) is 6.42 Å². The number of amides is 4. The lowest BCUT2D eigenvalue weighted by atomic mass is 10.0. The zero-order valence-corrected chi connectivity index (χ0v) is 22.3. The Morgan fingerprint density at radius 1 is 1.00 bits per heavy atom. The van der Waals surface area contributed by atoms with Gasteiger partial charge in [-0.1, -0.05) is 50.3 Å². The summed E-state index contributed by atoms with van der Waals surface area (Å²) in [6.07, 6.45) is 2.99. The molecule has 0 spiro atoms. The molecule has 37 heavy (non-hydrogen) atoms. The third-order valence-corrected chi connectivity index (χ3v) is 5.91. The van der Waals surface area contributed by atoms with E-state index in [1.807, 2.05) is 30.3 Å². The van der Waals surface area contributed by atoms with Crippen molar-refractivity contribution in [3.63, 3.8) is 0 Å². The third kappa shape index (κ3) is 10.3. The second-order valence-electron chi connectivity index (χ2n) is 9.16. The van der Waals surface area contributed by atoms with Gasteiger partial charge in [-0.3, -0.25) is 24.0 Å². The van der Waals surface area contributed by atoms with Crippen molar-refractivity contribution in [1.29, 1.82) is 0 Å². The van der Waals surface area contributed by atoms with E-state index in [4.69, 9.17) is 4.74 Å². The van der Waals surface area contributed by atoms with E-state index in [1.165, 1.54) is 6.92 Å². The van der Waals surface area contributed by atoms with E-state index in [0.29, 0.717) is 12.2 Å². The van der Waals surface area contributed by atoms with Gasteiger partial charge in [0.15, 0.2) is 0 Å². The molecule has 4 N–H and O–H groups in total. The lowest BCUT2D eigenvalue weighted by molar-refractivity contribution is -0.148. The highest BCUT2D eigenvalue weighted by Gasteiger charge is 2.31. The number of carbonyl (C=O) groups excluding carboxylic acids is 5. The molecule has 1 aromatic rings. The van der Waals surface area contributed by atoms with Crippen LogP contribution in [0.2, 0.25) is 0 Å². The van der Waals surface area contributed by atoms with E-state index >= 15 is 0 Å². The Morgan fingerprint density at radius 3 is 2.35 bits per heavy atom. The number of carbonyl (C=O) groups is 5. The number of nitrogens with one attached hydrogen (secondary N) is 4. The molecule has 0 aromatic heterocycles. The fraction of sp³-hybridized carbons (Fsp3) is 0.500. The highest BCUT2D eigenvalue weighted by Crippen LogP contribution is 2.09. The standard InChI is InChI=1S/C26H36N4O6S/c1-16(2)23-26(35)27-15-22(32)36-19(11-7-8-12-37)14-21(31)28-17(3)24(33)29-20(25(34)30-23)13-18-9-5-4-6-10-18/h4-7,9-11,16-17,19-20,23,37H,8,12-15H2,1-3H3,(H,27,35)(H,28,31)(H,29,33)(H,30,34)/t17-,19-,20-,23-/m1/s1. The highest BCUT2D eigenvalue weighted by atomic mass is 32.1. The van der Waals surface area contributed by atoms with Crippen LogP contribution in [0.3, 0.4) is 0 Å². The number of hydrogen-bond donors (Lipinski definition) is 5. The predicted molar refractivity (Wildman–Crippen MR) is 142 cm³/mol. The Kier molecular flexibility index (Phi) is 12.1. The summed E-state index contributed by atoms with van der Waals surface area (Å²) in [6, 6.07) is 6.20. The number of allylic oxidation sites excluding steroid dienone is 1. The van der Waals surface area contributed by atoms with Gasteiger partial charge in [0.1, 0.15) is 30.8 Å². The van der Waals surface area contributed by atoms with Crippen molar-refractivity contribution < 1.29 is 28.7 Å². The maximum Gasteiger partial charge on any atom is 0.326 e. The van der Waals surface area contributed by atoms with Crippen LogP contribution in [0.15, 0.2) is 42.5 Å². The molecular weight excluding hydrogens is 496 g/mol. The van der Waals surface area contributed by atoms with Gasteiger partial charge in [-0.05, 0) is 36.7 Å². The van der Waals surface area contributed by atoms with Crippen molar-refractivity contribution in [1.82, 2.24) is 21.3 Å². The number of ether oxygens (including phenoxy) is 1. The molecule has 11 heteroatoms. The minimum absolute atomic E-state index is 0.176. The minimum atomic E-state index is -1.00. The summed E-state index contributed by atoms with van der Waals surface area (Å²) in [6.45, 7) is 4.57. The van der Waals surface area contributed by atoms with Crippen LogP contribution >= 0.6 is 12.6 Å². The van der Waals surface area contributed by atoms with Crippen LogP contribution in [0, 0.1) is 5.92 Å². The first-order valence-corrected chi connectivity index (χ1v) is 12.9. The Labute approximate surface area is 222 Å². The van der Waals surface area contributed by atoms with Crippen molar-refractivity contribution in [2.75, 3.05) is 12.3 Å². The molecule has 10 nitrogen and oxygen atoms in total. The number of thiol groups is 1. The van der Waals surface area contributed by atoms with E-state index in [1.54, 1.807) is 26.0 Å². The topological polar surface area (TPSA) is 143 Å². The number of benzene rings is 1. The van der Waals surface area contributed by atoms with Crippen molar-refractivity contribution in [3.8, 4) is 0 Å². The molecule has 2 rings (SSSR count). The van der Waals surface area contributed by atoms with Crippen molar-refractivity contribution in [3.05, 3.63) is 48.0 Å². The molecule has 1 fully saturated rings. The molecule has 1 aromatic carbocycles. The van der Waals surface area contributed by atoms with Crippen molar-refractivity contribution >= 4 is 42.2 Å². The largest absolute Gasteiger partial charge is 0.456 e. The molecule has 0 unspecified atom stereocenters. The number of rotatable bonds is 6. The quantitative estimate of drug-likeness (QED) is 0.207. The zero-order valence-electron chi connectivity index (χ0n) is 21.4. The fourth-order valence-electron chi connectivity index (χ4n) is 3.64. The Balaban J connectivity index is 2.32. The fourth-order valence-corrected chi connectivity index (χ4v) is 3.79. The van der Waals surface area contributed by atoms with Gasteiger partial charge < -0.3 is 26.0 Å². The molecule has 1 aliphatic heterocycles. The molecular formula is C26H36N4O6S. The summed E-state index contributed by atoms with van der Waals surface area (Å²) >= 11 is 4.13. The molecule has 4 atom stereocenters. The van der Waals surface area contributed by atoms with E-state index < -0.39 is 60.4 Å². The average molecular weight is 533 g/mol. The van der Waals surface area contributed by atoms with Gasteiger partial charge in [-0.2, -0.15) is 12.6 Å². The maximum absolute atomic E-state index is 13.2. The van der Waals surface area contributed by atoms with Crippen molar-refractivity contribution in [2.24, 2.45) is 5.92 Å². The van der Waals surface area contributed by atoms with Gasteiger partial charge in [-0.25, -0.2) is 0 Å². The van der Waals surface area contributed by atoms with Crippen LogP contribution in [0.25, 0.3) is 0 Å². The number of hydrogen-bond acceptors (Lipinski definition) is 7. The lowest BCUT2D eigenvalue weighted by Gasteiger charge is -2.27. The summed E-state index contributed by atoms with van der Waals surface area (Å²) in [4.78, 5) is 64.0. The van der Waals surface area contributed by atoms with Gasteiger partial charge in [0.25, 0.3) is 0 Å². The molecule has 0 radical (unpaired) electrons. The van der Waals surface area contributed by atoms with Gasteiger partial charge in [-0.15, -0.1) is 0 Å². The van der Waals surface area contributed by atoms with E-state index in [-0.39, 0.29) is 18.8 Å². The maximum atomic E-state index is 13.2. The zero-order chi connectivity index (χ0) is 27.4. The van der Waals surface area contributed by atoms with Crippen LogP contribution in [-0.4, -0.2) is 66.1 Å². The summed E-state index contributed by atoms with van der Waals surface area (Å²) in [5.74, 6) is -2.68. The summed E-state index contributed by atoms with van der Waals surface area (Å²) in [7, 11) is 0. The molecule has 0 bridgehead atoms. The van der Waals surface area contributed by atoms with Crippen LogP contribution < -0.4 is 21.3 Å². The van der Waals surface area contributed by atoms with E-state index in [0.717, 1.165) is 5.56 Å². The molecule has 1 heterocycles. The Morgan fingerprint density at radius 2 is 1.70 bits per heavy atom. The minimum Gasteiger partial charge on any atom is -0.456 e. The molecule has 1 aliphatic rings. The first-order chi connectivity index (χ1) is 17.6. The molecule has 0 saturated carbocycles. The van der Waals surface area contributed by atoms with Crippen LogP contribution in [0.5, 0.6) is 0 Å². The average Bonchev–Trinajstić information content (AvgIpc) is 2.85. The predicted octanol–water partition coefficient (Wildman–Crippen LogP) is 0.667. The first kappa shape index (κ1) is 29.9. The van der Waals surface area contributed by atoms with Gasteiger partial charge >= 0.3 is 5.97 Å². The smallest absolute Gasteiger partial charge is 0.326 e. The Hall–Kier alpha value is -3.34. The molecule has 202 valence electrons. The summed E-state index contributed by atoms with van der Waals surface area (Å²) in [5, 5.41) is 10.5. The lowest BCUT2D eigenvalue weighted by Crippen LogP contribution is -2.58. The summed E-state index contributed by atoms with van der Waals surface area (Å²) in [5.41, 5.74) is 0.804. The number of cyclic esters (lactones) is 1. The van der Waals surface area contributed by atoms with Crippen molar-refractivity contribution in [2.45, 2.75) is 64.3 Å². The van der Waals surface area contributed by atoms with Gasteiger partial charge in [0.2, 0.25) is 23.6 Å². The van der Waals surface area contributed by atoms with Crippen LogP contribution in [0.4, 0.5) is 0 Å². The van der Waals surface area contributed by atoms with E-state index in [9.17, 15) is 24.0 Å². The molecule has 1 saturated heterocycles. The second kappa shape index (κ2) is 15.0.